The molecule has 0 spiro atoms. The van der Waals surface area contributed by atoms with Gasteiger partial charge in [-0.3, -0.25) is 0 Å². The second kappa shape index (κ2) is 17.9. The van der Waals surface area contributed by atoms with Gasteiger partial charge in [-0.25, -0.2) is 0 Å². The molecule has 0 radical (unpaired) electrons. The number of pyridine rings is 1. The number of fused-ring (bicyclic) bond motifs is 5. The minimum atomic E-state index is -3.98. The number of amides is 4. The van der Waals surface area contributed by atoms with Crippen molar-refractivity contribution in [2.45, 2.75) is 140 Å². The number of sulfonamides is 1. The molecule has 1 aromatic heterocycles. The van der Waals surface area contributed by atoms with Crippen LogP contribution < -0.4 is 46.0 Å². The Kier molecular flexibility index (Phi) is 13.0. The number of nitrogens with one attached hydrogen (secondary N) is 3. The minimum absolute atomic E-state index is 0.0150. The van der Waals surface area contributed by atoms with E-state index in [2.05, 4.69) is 37.9 Å². The van der Waals surface area contributed by atoms with Crippen molar-refractivity contribution in [1.29, 1.82) is 0 Å². The van der Waals surface area contributed by atoms with E-state index in [1.54, 1.807) is 13.0 Å². The van der Waals surface area contributed by atoms with Crippen molar-refractivity contribution in [3.05, 3.63) is 42.5 Å². The molecule has 2 saturated heterocycles. The summed E-state index contributed by atoms with van der Waals surface area (Å²) in [4.78, 5) is 63.6. The average Bonchev–Trinajstić information content (AvgIpc) is 4.20. The number of ether oxygens (including phenoxy) is 3. The number of halogens is 2. The summed E-state index contributed by atoms with van der Waals surface area (Å²) in [5, 5.41) is 7.56. The molecular formula is C43H56BrIN5O9S-. The van der Waals surface area contributed by atoms with Gasteiger partial charge in [-0.15, -0.1) is 0 Å². The number of carbonyl (C=O) groups is 4. The number of aromatic nitrogens is 1. The van der Waals surface area contributed by atoms with Gasteiger partial charge in [-0.1, -0.05) is 28.4 Å². The van der Waals surface area contributed by atoms with Crippen LogP contribution in [0.1, 0.15) is 102 Å². The Labute approximate surface area is 370 Å². The molecule has 7 atom stereocenters. The standard InChI is InChI=1S/C43H56BrIN5O9S/c1-3-34-43(45-34,40(53)49-60(55,56)42(2)19-20-42)48-37(51)32-24-28-25-50(32)39(52)35(26-13-6-4-7-14-26)47-41(54)59-33-23-27(33)15-8-5-9-17-30-36(57-22-12-21-44)29-16-10-11-18-31(29)46-38(30)58-28/h3,10-11,16,18,26-28,32-35H,1,4-9,12-15,17,19-25H2,2H3,(H,47,54)(H,48,51)(H,49,53)/q-1/t27-,28-,32+,33-,34?,35+,43?/m1/s1. The number of nitrogens with zero attached hydrogens (tertiary/aromatic N) is 2. The molecule has 2 aromatic rings. The molecule has 6 aliphatic rings. The summed E-state index contributed by atoms with van der Waals surface area (Å²) < 4.78 is 45.0. The first-order valence-corrected chi connectivity index (χ1v) is 26.5. The summed E-state index contributed by atoms with van der Waals surface area (Å²) >= 11 is 2.46. The third-order valence-corrected chi connectivity index (χ3v) is 19.7. The van der Waals surface area contributed by atoms with Gasteiger partial charge in [-0.05, 0) is 12.8 Å². The van der Waals surface area contributed by atoms with Gasteiger partial charge in [0.2, 0.25) is 0 Å². The summed E-state index contributed by atoms with van der Waals surface area (Å²) in [5.74, 6) is -0.568. The number of hydrogen-bond donors (Lipinski definition) is 3. The second-order valence-electron chi connectivity index (χ2n) is 17.5. The zero-order valence-corrected chi connectivity index (χ0v) is 38.7. The fraction of sp³-hybridized carbons (Fsp3) is 0.651. The zero-order valence-electron chi connectivity index (χ0n) is 34.1. The molecule has 4 heterocycles. The zero-order chi connectivity index (χ0) is 42.2. The fourth-order valence-corrected chi connectivity index (χ4v) is 13.4. The molecule has 2 bridgehead atoms. The molecule has 3 aliphatic heterocycles. The van der Waals surface area contributed by atoms with Crippen LogP contribution >= 0.6 is 15.9 Å². The van der Waals surface area contributed by atoms with Crippen LogP contribution in [0, 0.1) is 11.8 Å². The summed E-state index contributed by atoms with van der Waals surface area (Å²) in [7, 11) is -3.98. The first-order chi connectivity index (χ1) is 28.9. The molecule has 3 aliphatic carbocycles. The molecule has 1 aromatic carbocycles. The number of rotatable bonds is 11. The van der Waals surface area contributed by atoms with Crippen LogP contribution in [0.4, 0.5) is 4.79 Å². The molecule has 328 valence electrons. The summed E-state index contributed by atoms with van der Waals surface area (Å²) in [6.07, 6.45) is 11.3. The Morgan fingerprint density at radius 2 is 1.80 bits per heavy atom. The van der Waals surface area contributed by atoms with Gasteiger partial charge in [0.05, 0.1) is 0 Å². The number of alkyl halides is 3. The van der Waals surface area contributed by atoms with E-state index in [0.717, 1.165) is 92.7 Å². The third-order valence-electron chi connectivity index (χ3n) is 13.1. The van der Waals surface area contributed by atoms with Crippen molar-refractivity contribution in [3.63, 3.8) is 0 Å². The number of carbonyl (C=O) groups excluding carboxylic acids is 4. The van der Waals surface area contributed by atoms with Crippen LogP contribution in [-0.4, -0.2) is 97.1 Å². The maximum absolute atomic E-state index is 15.0. The van der Waals surface area contributed by atoms with Crippen molar-refractivity contribution >= 4 is 60.7 Å². The van der Waals surface area contributed by atoms with E-state index in [1.165, 1.54) is 4.90 Å². The van der Waals surface area contributed by atoms with Crippen LogP contribution in [0.3, 0.4) is 0 Å². The quantitative estimate of drug-likeness (QED) is 0.0995. The number of benzene rings is 1. The van der Waals surface area contributed by atoms with Crippen LogP contribution in [-0.2, 0) is 35.6 Å². The Morgan fingerprint density at radius 1 is 1.07 bits per heavy atom. The van der Waals surface area contributed by atoms with Gasteiger partial charge >= 0.3 is 327 Å². The van der Waals surface area contributed by atoms with E-state index >= 15 is 4.79 Å². The van der Waals surface area contributed by atoms with E-state index in [-0.39, 0.29) is 30.9 Å². The third kappa shape index (κ3) is 9.13. The van der Waals surface area contributed by atoms with E-state index < -0.39 is 85.4 Å². The Bertz CT molecular complexity index is 2120. The van der Waals surface area contributed by atoms with Crippen molar-refractivity contribution < 1.29 is 63.0 Å². The summed E-state index contributed by atoms with van der Waals surface area (Å²) in [6, 6.07) is 5.75. The Balaban J connectivity index is 1.14. The molecular weight excluding hydrogens is 969 g/mol. The first-order valence-electron chi connectivity index (χ1n) is 21.6. The monoisotopic (exact) mass is 1020 g/mol. The molecule has 4 amide bonds. The van der Waals surface area contributed by atoms with Gasteiger partial charge in [0.25, 0.3) is 0 Å². The molecule has 3 N–H and O–H groups in total. The summed E-state index contributed by atoms with van der Waals surface area (Å²) in [6.45, 7) is 5.97. The number of alkyl carbamates (subject to hydrolysis) is 1. The predicted octanol–water partition coefficient (Wildman–Crippen LogP) is 2.40. The molecule has 8 rings (SSSR count). The van der Waals surface area contributed by atoms with Gasteiger partial charge in [-0.2, -0.15) is 0 Å². The Morgan fingerprint density at radius 3 is 2.52 bits per heavy atom. The predicted molar refractivity (Wildman–Crippen MR) is 224 cm³/mol. The van der Waals surface area contributed by atoms with E-state index in [0.29, 0.717) is 37.3 Å². The van der Waals surface area contributed by atoms with Crippen LogP contribution in [0.5, 0.6) is 11.6 Å². The van der Waals surface area contributed by atoms with Crippen LogP contribution in [0.15, 0.2) is 36.9 Å². The molecule has 14 nitrogen and oxygen atoms in total. The SMILES string of the molecule is C=CC1[I-]C1(NC(=O)[C@@H]1C[C@@H]2CN1C(=O)[C@H](C1CCCCC1)NC(=O)O[C@@H]1C[C@H]1CCCCCc1c(nc3ccccc3c1OCCCBr)O2)C(=O)NS(=O)(=O)C1(C)CC1. The average molecular weight is 1030 g/mol. The molecule has 5 fully saturated rings. The van der Waals surface area contributed by atoms with Crippen molar-refractivity contribution in [2.75, 3.05) is 18.5 Å². The number of hydrogen-bond acceptors (Lipinski definition) is 10. The maximum atomic E-state index is 15.0. The van der Waals surface area contributed by atoms with Gasteiger partial charge in [0.15, 0.2) is 0 Å². The van der Waals surface area contributed by atoms with Gasteiger partial charge < -0.3 is 0 Å². The fourth-order valence-electron chi connectivity index (χ4n) is 9.04. The van der Waals surface area contributed by atoms with E-state index in [9.17, 15) is 22.8 Å². The molecule has 60 heavy (non-hydrogen) atoms. The van der Waals surface area contributed by atoms with E-state index in [4.69, 9.17) is 19.2 Å². The molecule has 3 saturated carbocycles. The number of para-hydroxylation sites is 1. The Hall–Kier alpha value is -3.19. The first kappa shape index (κ1) is 43.5. The molecule has 2 unspecified atom stereocenters. The van der Waals surface area contributed by atoms with Crippen molar-refractivity contribution in [3.8, 4) is 11.6 Å². The van der Waals surface area contributed by atoms with Crippen molar-refractivity contribution in [2.24, 2.45) is 11.8 Å². The van der Waals surface area contributed by atoms with Gasteiger partial charge in [0, 0.05) is 5.33 Å². The van der Waals surface area contributed by atoms with Gasteiger partial charge in [0.1, 0.15) is 0 Å². The normalized spacial score (nSPS) is 30.7. The van der Waals surface area contributed by atoms with Crippen LogP contribution in [0.2, 0.25) is 0 Å². The topological polar surface area (TPSA) is 182 Å². The summed E-state index contributed by atoms with van der Waals surface area (Å²) in [5.41, 5.74) is 1.54. The second-order valence-corrected chi connectivity index (χ2v) is 24.2. The van der Waals surface area contributed by atoms with E-state index in [1.807, 2.05) is 24.3 Å². The van der Waals surface area contributed by atoms with Crippen molar-refractivity contribution in [1.82, 2.24) is 25.2 Å². The molecule has 17 heteroatoms. The van der Waals surface area contributed by atoms with Crippen LogP contribution in [0.25, 0.3) is 10.9 Å².